The third-order valence-corrected chi connectivity index (χ3v) is 11.9. The summed E-state index contributed by atoms with van der Waals surface area (Å²) in [6.07, 6.45) is 44.9. The molecule has 1 rings (SSSR count). The van der Waals surface area contributed by atoms with E-state index in [2.05, 4.69) is 62.5 Å². The van der Waals surface area contributed by atoms with Crippen LogP contribution >= 0.6 is 0 Å². The summed E-state index contributed by atoms with van der Waals surface area (Å²) in [4.78, 5) is 26.3. The number of hydrogen-bond donors (Lipinski definition) is 6. The monoisotopic (exact) mass is 942 g/mol. The van der Waals surface area contributed by atoms with Crippen LogP contribution in [0.5, 0.6) is 0 Å². The molecule has 0 aliphatic carbocycles. The number of ether oxygens (including phenoxy) is 3. The summed E-state index contributed by atoms with van der Waals surface area (Å²) in [6.45, 7) is 5.53. The number of aliphatic hydroxyl groups is 5. The van der Waals surface area contributed by atoms with Crippen LogP contribution in [0.25, 0.3) is 0 Å². The van der Waals surface area contributed by atoms with Crippen LogP contribution in [-0.4, -0.2) is 99.6 Å². The molecule has 1 saturated heterocycles. The number of unbranched alkanes of at least 4 members (excludes halogenated alkanes) is 20. The van der Waals surface area contributed by atoms with Crippen LogP contribution in [-0.2, 0) is 23.8 Å². The highest BCUT2D eigenvalue weighted by molar-refractivity contribution is 5.80. The van der Waals surface area contributed by atoms with Gasteiger partial charge in [0.15, 0.2) is 12.4 Å². The van der Waals surface area contributed by atoms with Crippen LogP contribution in [0.2, 0.25) is 0 Å². The van der Waals surface area contributed by atoms with Crippen molar-refractivity contribution >= 4 is 11.9 Å². The number of carbonyl (C=O) groups excluding carboxylic acids is 2. The summed E-state index contributed by atoms with van der Waals surface area (Å²) in [6, 6.07) is -1.04. The second-order valence-corrected chi connectivity index (χ2v) is 18.0. The Bertz CT molecular complexity index is 1410. The van der Waals surface area contributed by atoms with E-state index in [9.17, 15) is 35.1 Å². The number of esters is 1. The predicted molar refractivity (Wildman–Crippen MR) is 273 cm³/mol. The first-order valence-electron chi connectivity index (χ1n) is 26.4. The average Bonchev–Trinajstić information content (AvgIpc) is 3.32. The highest BCUT2D eigenvalue weighted by Gasteiger charge is 2.47. The zero-order chi connectivity index (χ0) is 49.0. The van der Waals surface area contributed by atoms with Gasteiger partial charge in [-0.25, -0.2) is 0 Å². The SMILES string of the molecule is CC/C=C/C=C/C=C\C=C/CCCCCC(=O)OC1C(OCC(NC(=O)C(O)CCCCCCC/C=C/C=C/CCCCC)C(O)/C=C/CCCCCCCCCCC)OC(CO)C(O)C1O. The maximum atomic E-state index is 13.3. The molecule has 11 nitrogen and oxygen atoms in total. The van der Waals surface area contributed by atoms with E-state index in [1.807, 2.05) is 42.5 Å². The summed E-state index contributed by atoms with van der Waals surface area (Å²) >= 11 is 0. The Morgan fingerprint density at radius 2 is 1.07 bits per heavy atom. The minimum absolute atomic E-state index is 0.0721. The van der Waals surface area contributed by atoms with Gasteiger partial charge in [-0.1, -0.05) is 202 Å². The zero-order valence-corrected chi connectivity index (χ0v) is 42.0. The number of allylic oxidation sites excluding steroid dienone is 13. The van der Waals surface area contributed by atoms with E-state index in [-0.39, 0.29) is 19.4 Å². The number of nitrogens with one attached hydrogen (secondary N) is 1. The largest absolute Gasteiger partial charge is 0.454 e. The lowest BCUT2D eigenvalue weighted by Gasteiger charge is -2.41. The molecule has 8 unspecified atom stereocenters. The van der Waals surface area contributed by atoms with Crippen molar-refractivity contribution in [2.75, 3.05) is 13.2 Å². The second kappa shape index (κ2) is 44.1. The van der Waals surface area contributed by atoms with Crippen molar-refractivity contribution in [2.24, 2.45) is 0 Å². The van der Waals surface area contributed by atoms with E-state index in [0.29, 0.717) is 12.8 Å². The Kier molecular flexibility index (Phi) is 40.7. The Hall–Kier alpha value is -3.16. The molecular weight excluding hydrogens is 847 g/mol. The zero-order valence-electron chi connectivity index (χ0n) is 42.0. The highest BCUT2D eigenvalue weighted by Crippen LogP contribution is 2.26. The first-order valence-corrected chi connectivity index (χ1v) is 26.4. The molecule has 1 heterocycles. The topological polar surface area (TPSA) is 175 Å². The fourth-order valence-corrected chi connectivity index (χ4v) is 7.65. The molecule has 67 heavy (non-hydrogen) atoms. The van der Waals surface area contributed by atoms with Crippen molar-refractivity contribution in [1.29, 1.82) is 0 Å². The number of hydrogen-bond acceptors (Lipinski definition) is 10. The molecule has 0 aromatic carbocycles. The van der Waals surface area contributed by atoms with Crippen molar-refractivity contribution < 1.29 is 49.3 Å². The molecule has 0 aromatic rings. The molecule has 0 saturated carbocycles. The summed E-state index contributed by atoms with van der Waals surface area (Å²) in [5, 5.41) is 56.6. The van der Waals surface area contributed by atoms with Gasteiger partial charge in [-0.3, -0.25) is 9.59 Å². The van der Waals surface area contributed by atoms with Crippen molar-refractivity contribution in [2.45, 2.75) is 243 Å². The van der Waals surface area contributed by atoms with Gasteiger partial charge in [-0.15, -0.1) is 0 Å². The third kappa shape index (κ3) is 33.1. The molecule has 0 aromatic heterocycles. The molecule has 384 valence electrons. The standard InChI is InChI=1S/C56H95NO10/c1-4-7-10-13-16-19-22-24-26-28-31-34-37-40-43-49(60)55(64)57-47(48(59)42-39-36-33-30-27-21-18-15-12-9-6-3)46-65-56-54(53(63)52(62)50(45-58)66-56)67-51(61)44-41-38-35-32-29-25-23-20-17-14-11-8-5-2/h8,11,14,16-17,19-20,22-25,29,39,42,47-50,52-54,56,58-60,62-63H,4-7,9-10,12-13,15,18,21,26-28,30-38,40-41,43-46H2,1-3H3,(H,57,64)/b11-8+,17-14+,19-16+,23-20-,24-22+,29-25-,42-39+. The van der Waals surface area contributed by atoms with Gasteiger partial charge in [0.2, 0.25) is 5.91 Å². The fraction of sp³-hybridized carbons (Fsp3) is 0.714. The lowest BCUT2D eigenvalue weighted by molar-refractivity contribution is -0.305. The van der Waals surface area contributed by atoms with E-state index in [1.54, 1.807) is 6.08 Å². The number of carbonyl (C=O) groups is 2. The first kappa shape index (κ1) is 61.9. The van der Waals surface area contributed by atoms with Crippen molar-refractivity contribution in [3.63, 3.8) is 0 Å². The predicted octanol–water partition coefficient (Wildman–Crippen LogP) is 11.0. The quantitative estimate of drug-likeness (QED) is 0.0150. The number of aliphatic hydroxyl groups excluding tert-OH is 5. The van der Waals surface area contributed by atoms with Gasteiger partial charge >= 0.3 is 5.97 Å². The minimum atomic E-state index is -1.63. The molecule has 11 heteroatoms. The van der Waals surface area contributed by atoms with Gasteiger partial charge < -0.3 is 45.1 Å². The Balaban J connectivity index is 2.81. The Morgan fingerprint density at radius 1 is 0.597 bits per heavy atom. The normalized spacial score (nSPS) is 20.7. The van der Waals surface area contributed by atoms with Crippen LogP contribution in [0.15, 0.2) is 85.1 Å². The molecule has 1 aliphatic rings. The highest BCUT2D eigenvalue weighted by atomic mass is 16.7. The smallest absolute Gasteiger partial charge is 0.306 e. The fourth-order valence-electron chi connectivity index (χ4n) is 7.65. The summed E-state index contributed by atoms with van der Waals surface area (Å²) in [7, 11) is 0. The Morgan fingerprint density at radius 3 is 1.66 bits per heavy atom. The first-order chi connectivity index (χ1) is 32.7. The van der Waals surface area contributed by atoms with Crippen LogP contribution < -0.4 is 5.32 Å². The summed E-state index contributed by atoms with van der Waals surface area (Å²) in [5.74, 6) is -1.26. The van der Waals surface area contributed by atoms with Gasteiger partial charge in [0.05, 0.1) is 25.4 Å². The third-order valence-electron chi connectivity index (χ3n) is 11.9. The lowest BCUT2D eigenvalue weighted by Crippen LogP contribution is -2.61. The lowest BCUT2D eigenvalue weighted by atomic mass is 9.99. The maximum Gasteiger partial charge on any atom is 0.306 e. The van der Waals surface area contributed by atoms with E-state index in [1.165, 1.54) is 57.8 Å². The maximum absolute atomic E-state index is 13.3. The molecule has 8 atom stereocenters. The van der Waals surface area contributed by atoms with Crippen LogP contribution in [0.3, 0.4) is 0 Å². The average molecular weight is 942 g/mol. The van der Waals surface area contributed by atoms with Crippen molar-refractivity contribution in [3.05, 3.63) is 85.1 Å². The molecule has 6 N–H and O–H groups in total. The minimum Gasteiger partial charge on any atom is -0.454 e. The van der Waals surface area contributed by atoms with Crippen LogP contribution in [0.4, 0.5) is 0 Å². The van der Waals surface area contributed by atoms with Crippen LogP contribution in [0.1, 0.15) is 194 Å². The van der Waals surface area contributed by atoms with Gasteiger partial charge in [-0.05, 0) is 70.6 Å². The molecule has 1 amide bonds. The van der Waals surface area contributed by atoms with Gasteiger partial charge in [0.25, 0.3) is 0 Å². The molecular formula is C56H95NO10. The van der Waals surface area contributed by atoms with E-state index in [4.69, 9.17) is 14.2 Å². The molecule has 1 fully saturated rings. The second-order valence-electron chi connectivity index (χ2n) is 18.0. The van der Waals surface area contributed by atoms with E-state index < -0.39 is 67.4 Å². The van der Waals surface area contributed by atoms with Gasteiger partial charge in [0, 0.05) is 6.42 Å². The van der Waals surface area contributed by atoms with Crippen molar-refractivity contribution in [1.82, 2.24) is 5.32 Å². The van der Waals surface area contributed by atoms with Gasteiger partial charge in [0.1, 0.15) is 24.4 Å². The summed E-state index contributed by atoms with van der Waals surface area (Å²) in [5.41, 5.74) is 0. The van der Waals surface area contributed by atoms with E-state index >= 15 is 0 Å². The summed E-state index contributed by atoms with van der Waals surface area (Å²) < 4.78 is 17.5. The van der Waals surface area contributed by atoms with Crippen LogP contribution in [0, 0.1) is 0 Å². The number of rotatable bonds is 42. The molecule has 1 aliphatic heterocycles. The Labute approximate surface area is 406 Å². The molecule has 0 spiro atoms. The molecule has 0 radical (unpaired) electrons. The van der Waals surface area contributed by atoms with Crippen molar-refractivity contribution in [3.8, 4) is 0 Å². The van der Waals surface area contributed by atoms with E-state index in [0.717, 1.165) is 89.9 Å². The van der Waals surface area contributed by atoms with Gasteiger partial charge in [-0.2, -0.15) is 0 Å². The number of amides is 1. The molecule has 0 bridgehead atoms.